The maximum Gasteiger partial charge on any atom is 0.409 e. The molecule has 1 saturated carbocycles. The summed E-state index contributed by atoms with van der Waals surface area (Å²) in [5, 5.41) is 2.47. The van der Waals surface area contributed by atoms with Crippen LogP contribution in [0.4, 0.5) is 24.5 Å². The van der Waals surface area contributed by atoms with Crippen molar-refractivity contribution in [2.24, 2.45) is 0 Å². The molecule has 1 aliphatic heterocycles. The second-order valence-electron chi connectivity index (χ2n) is 7.31. The molecular formula is C20H20F3N3O3. The number of furan rings is 1. The van der Waals surface area contributed by atoms with Gasteiger partial charge in [0.15, 0.2) is 0 Å². The van der Waals surface area contributed by atoms with E-state index in [1.165, 1.54) is 18.4 Å². The lowest BCUT2D eigenvalue weighted by Gasteiger charge is -2.33. The Morgan fingerprint density at radius 1 is 1.21 bits per heavy atom. The molecule has 1 atom stereocenters. The molecule has 0 spiro atoms. The van der Waals surface area contributed by atoms with Crippen LogP contribution in [-0.2, 0) is 16.1 Å². The van der Waals surface area contributed by atoms with E-state index >= 15 is 0 Å². The van der Waals surface area contributed by atoms with Gasteiger partial charge in [-0.3, -0.25) is 19.4 Å². The van der Waals surface area contributed by atoms with Gasteiger partial charge in [0, 0.05) is 6.04 Å². The molecule has 2 aliphatic rings. The highest BCUT2D eigenvalue weighted by atomic mass is 19.4. The van der Waals surface area contributed by atoms with Crippen molar-refractivity contribution in [3.63, 3.8) is 0 Å². The SMILES string of the molecule is O=C1CC(C(F)(F)F)N(C(=O)CN(Cc2ccco2)C2CC2)c2ccccc2N1. The smallest absolute Gasteiger partial charge is 0.409 e. The molecule has 29 heavy (non-hydrogen) atoms. The quantitative estimate of drug-likeness (QED) is 0.823. The maximum atomic E-state index is 13.8. The summed E-state index contributed by atoms with van der Waals surface area (Å²) in [5.41, 5.74) is 0.251. The number of nitrogens with one attached hydrogen (secondary N) is 1. The lowest BCUT2D eigenvalue weighted by atomic mass is 10.1. The van der Waals surface area contributed by atoms with Crippen molar-refractivity contribution in [2.45, 2.75) is 44.1 Å². The van der Waals surface area contributed by atoms with Crippen LogP contribution in [0.3, 0.4) is 0 Å². The number of anilines is 2. The van der Waals surface area contributed by atoms with Crippen molar-refractivity contribution >= 4 is 23.2 Å². The highest BCUT2D eigenvalue weighted by Crippen LogP contribution is 2.38. The molecule has 1 unspecified atom stereocenters. The first-order valence-corrected chi connectivity index (χ1v) is 9.37. The van der Waals surface area contributed by atoms with E-state index in [2.05, 4.69) is 5.32 Å². The lowest BCUT2D eigenvalue weighted by molar-refractivity contribution is -0.158. The molecule has 2 aromatic rings. The average Bonchev–Trinajstić information content (AvgIpc) is 3.40. The Hall–Kier alpha value is -2.81. The number of hydrogen-bond donors (Lipinski definition) is 1. The molecule has 0 radical (unpaired) electrons. The van der Waals surface area contributed by atoms with Gasteiger partial charge in [0.1, 0.15) is 11.8 Å². The van der Waals surface area contributed by atoms with Gasteiger partial charge in [0.2, 0.25) is 11.8 Å². The number of fused-ring (bicyclic) bond motifs is 1. The van der Waals surface area contributed by atoms with E-state index in [-0.39, 0.29) is 24.0 Å². The third kappa shape index (κ3) is 4.29. The van der Waals surface area contributed by atoms with Crippen LogP contribution in [0, 0.1) is 0 Å². The van der Waals surface area contributed by atoms with Crippen molar-refractivity contribution in [1.82, 2.24) is 4.90 Å². The predicted molar refractivity (Wildman–Crippen MR) is 99.2 cm³/mol. The van der Waals surface area contributed by atoms with Gasteiger partial charge < -0.3 is 9.73 Å². The molecule has 9 heteroatoms. The van der Waals surface area contributed by atoms with Gasteiger partial charge in [-0.05, 0) is 37.1 Å². The Morgan fingerprint density at radius 2 is 1.97 bits per heavy atom. The van der Waals surface area contributed by atoms with E-state index in [1.54, 1.807) is 24.3 Å². The minimum Gasteiger partial charge on any atom is -0.468 e. The summed E-state index contributed by atoms with van der Waals surface area (Å²) in [6, 6.07) is 7.47. The van der Waals surface area contributed by atoms with Crippen LogP contribution in [0.2, 0.25) is 0 Å². The van der Waals surface area contributed by atoms with Crippen LogP contribution in [0.15, 0.2) is 47.1 Å². The number of hydrogen-bond acceptors (Lipinski definition) is 4. The highest BCUT2D eigenvalue weighted by Gasteiger charge is 2.49. The normalized spacial score (nSPS) is 19.7. The molecule has 1 aliphatic carbocycles. The largest absolute Gasteiger partial charge is 0.468 e. The van der Waals surface area contributed by atoms with Gasteiger partial charge in [-0.15, -0.1) is 0 Å². The van der Waals surface area contributed by atoms with Crippen molar-refractivity contribution in [2.75, 3.05) is 16.8 Å². The molecule has 1 N–H and O–H groups in total. The third-order valence-corrected chi connectivity index (χ3v) is 5.12. The summed E-state index contributed by atoms with van der Waals surface area (Å²) in [7, 11) is 0. The fourth-order valence-corrected chi connectivity index (χ4v) is 3.60. The van der Waals surface area contributed by atoms with E-state index in [4.69, 9.17) is 4.42 Å². The van der Waals surface area contributed by atoms with Crippen molar-refractivity contribution in [3.8, 4) is 0 Å². The first-order chi connectivity index (χ1) is 13.8. The number of carbonyl (C=O) groups is 2. The van der Waals surface area contributed by atoms with Gasteiger partial charge in [0.25, 0.3) is 0 Å². The third-order valence-electron chi connectivity index (χ3n) is 5.12. The number of nitrogens with zero attached hydrogens (tertiary/aromatic N) is 2. The van der Waals surface area contributed by atoms with Crippen molar-refractivity contribution < 1.29 is 27.2 Å². The summed E-state index contributed by atoms with van der Waals surface area (Å²) < 4.78 is 46.8. The topological polar surface area (TPSA) is 65.8 Å². The monoisotopic (exact) mass is 407 g/mol. The van der Waals surface area contributed by atoms with E-state index < -0.39 is 30.5 Å². The van der Waals surface area contributed by atoms with Gasteiger partial charge in [0.05, 0.1) is 37.1 Å². The molecule has 2 amide bonds. The minimum atomic E-state index is -4.74. The second kappa shape index (κ2) is 7.55. The molecule has 4 rings (SSSR count). The van der Waals surface area contributed by atoms with E-state index in [1.807, 2.05) is 4.90 Å². The van der Waals surface area contributed by atoms with Gasteiger partial charge in [-0.2, -0.15) is 13.2 Å². The minimum absolute atomic E-state index is 0.0550. The van der Waals surface area contributed by atoms with E-state index in [0.717, 1.165) is 17.7 Å². The molecule has 1 fully saturated rings. The van der Waals surface area contributed by atoms with Gasteiger partial charge in [-0.1, -0.05) is 12.1 Å². The number of benzene rings is 1. The molecule has 0 bridgehead atoms. The summed E-state index contributed by atoms with van der Waals surface area (Å²) in [5.74, 6) is -0.829. The number of halogens is 3. The molecule has 1 aromatic heterocycles. The molecule has 0 saturated heterocycles. The standard InChI is InChI=1S/C20H20F3N3O3/c21-20(22,23)17-10-18(27)24-15-5-1-2-6-16(15)26(17)19(28)12-25(13-7-8-13)11-14-4-3-9-29-14/h1-6,9,13,17H,7-8,10-12H2,(H,24,27). The van der Waals surface area contributed by atoms with Crippen molar-refractivity contribution in [3.05, 3.63) is 48.4 Å². The van der Waals surface area contributed by atoms with Crippen LogP contribution in [-0.4, -0.2) is 41.5 Å². The number of carbonyl (C=O) groups excluding carboxylic acids is 2. The molecule has 1 aromatic carbocycles. The summed E-state index contributed by atoms with van der Waals surface area (Å²) >= 11 is 0. The molecule has 2 heterocycles. The number of alkyl halides is 3. The van der Waals surface area contributed by atoms with Crippen LogP contribution >= 0.6 is 0 Å². The van der Waals surface area contributed by atoms with E-state index in [9.17, 15) is 22.8 Å². The zero-order valence-electron chi connectivity index (χ0n) is 15.5. The summed E-state index contributed by atoms with van der Waals surface area (Å²) in [6.45, 7) is 0.146. The lowest BCUT2D eigenvalue weighted by Crippen LogP contribution is -2.52. The molecule has 6 nitrogen and oxygen atoms in total. The van der Waals surface area contributed by atoms with Crippen molar-refractivity contribution in [1.29, 1.82) is 0 Å². The first-order valence-electron chi connectivity index (χ1n) is 9.37. The Labute approximate surface area is 165 Å². The van der Waals surface area contributed by atoms with E-state index in [0.29, 0.717) is 12.3 Å². The maximum absolute atomic E-state index is 13.8. The number of amides is 2. The summed E-state index contributed by atoms with van der Waals surface area (Å²) in [4.78, 5) is 27.8. The fraction of sp³-hybridized carbons (Fsp3) is 0.400. The molecule has 154 valence electrons. The van der Waals surface area contributed by atoms with Crippen LogP contribution in [0.1, 0.15) is 25.0 Å². The Kier molecular flexibility index (Phi) is 5.08. The van der Waals surface area contributed by atoms with Gasteiger partial charge in [-0.25, -0.2) is 0 Å². The number of rotatable bonds is 5. The fourth-order valence-electron chi connectivity index (χ4n) is 3.60. The Balaban J connectivity index is 1.65. The zero-order valence-corrected chi connectivity index (χ0v) is 15.5. The zero-order chi connectivity index (χ0) is 20.6. The average molecular weight is 407 g/mol. The molecular weight excluding hydrogens is 387 g/mol. The first kappa shape index (κ1) is 19.5. The highest BCUT2D eigenvalue weighted by molar-refractivity contribution is 6.05. The second-order valence-corrected chi connectivity index (χ2v) is 7.31. The predicted octanol–water partition coefficient (Wildman–Crippen LogP) is 3.55. The number of para-hydroxylation sites is 2. The van der Waals surface area contributed by atoms with Gasteiger partial charge >= 0.3 is 6.18 Å². The Bertz CT molecular complexity index is 894. The summed E-state index contributed by atoms with van der Waals surface area (Å²) in [6.07, 6.45) is -2.30. The van der Waals surface area contributed by atoms with Crippen LogP contribution < -0.4 is 10.2 Å². The van der Waals surface area contributed by atoms with Crippen LogP contribution in [0.25, 0.3) is 0 Å². The Morgan fingerprint density at radius 3 is 2.62 bits per heavy atom. The van der Waals surface area contributed by atoms with Crippen LogP contribution in [0.5, 0.6) is 0 Å².